The van der Waals surface area contributed by atoms with Crippen LogP contribution in [0.25, 0.3) is 0 Å². The Labute approximate surface area is 245 Å². The zero-order chi connectivity index (χ0) is 30.7. The highest BCUT2D eigenvalue weighted by Gasteiger charge is 2.44. The fourth-order valence-electron chi connectivity index (χ4n) is 5.51. The Morgan fingerprint density at radius 1 is 1.07 bits per heavy atom. The predicted molar refractivity (Wildman–Crippen MR) is 159 cm³/mol. The number of carbonyl (C=O) groups is 4. The van der Waals surface area contributed by atoms with Crippen LogP contribution in [0.4, 0.5) is 5.82 Å². The summed E-state index contributed by atoms with van der Waals surface area (Å²) in [5, 5.41) is 13.5. The Morgan fingerprint density at radius 3 is 2.31 bits per heavy atom. The van der Waals surface area contributed by atoms with Crippen LogP contribution in [-0.4, -0.2) is 39.5 Å². The Bertz CT molecular complexity index is 1470. The van der Waals surface area contributed by atoms with Crippen LogP contribution in [0.5, 0.6) is 0 Å². The van der Waals surface area contributed by atoms with Gasteiger partial charge in [-0.2, -0.15) is 5.10 Å². The first-order valence-corrected chi connectivity index (χ1v) is 14.1. The summed E-state index contributed by atoms with van der Waals surface area (Å²) >= 11 is 0. The highest BCUT2D eigenvalue weighted by atomic mass is 16.2. The number of aromatic nitrogens is 2. The van der Waals surface area contributed by atoms with Gasteiger partial charge in [-0.3, -0.25) is 19.2 Å². The summed E-state index contributed by atoms with van der Waals surface area (Å²) in [6, 6.07) is 15.9. The molecule has 0 fully saturated rings. The van der Waals surface area contributed by atoms with E-state index in [0.29, 0.717) is 11.4 Å². The summed E-state index contributed by atoms with van der Waals surface area (Å²) < 4.78 is 1.79. The molecule has 3 atom stereocenters. The van der Waals surface area contributed by atoms with E-state index in [9.17, 15) is 19.2 Å². The molecule has 1 aromatic heterocycles. The highest BCUT2D eigenvalue weighted by Crippen LogP contribution is 2.40. The predicted octanol–water partition coefficient (Wildman–Crippen LogP) is 2.62. The van der Waals surface area contributed by atoms with E-state index in [1.165, 1.54) is 6.20 Å². The standard InChI is InChI=1S/C31H39N7O4/c1-5-19-12-14-21(15-13-19)31(6-2,29(42)36-23(26(33)40)16-25(32)39)37-28(41)22-18-34-38-27(22)35-24(17-30(38,3)4)20-10-8-7-9-11-20/h7-15,18,23-24,35H,5-6,16-17H2,1-4H3,(H2,32,39)(H2,33,40)(H,36,42)(H,37,41)/t23-,24+,31?/m0/s1. The first-order chi connectivity index (χ1) is 19.9. The quantitative estimate of drug-likeness (QED) is 0.236. The maximum absolute atomic E-state index is 14.1. The fraction of sp³-hybridized carbons (Fsp3) is 0.387. The summed E-state index contributed by atoms with van der Waals surface area (Å²) in [7, 11) is 0. The van der Waals surface area contributed by atoms with Gasteiger partial charge in [0.2, 0.25) is 11.8 Å². The van der Waals surface area contributed by atoms with Gasteiger partial charge in [0.1, 0.15) is 23.0 Å². The molecule has 0 saturated carbocycles. The molecule has 2 aromatic carbocycles. The van der Waals surface area contributed by atoms with Crippen LogP contribution in [0.2, 0.25) is 0 Å². The second kappa shape index (κ2) is 12.1. The van der Waals surface area contributed by atoms with E-state index >= 15 is 0 Å². The topological polar surface area (TPSA) is 174 Å². The Hall–Kier alpha value is -4.67. The molecule has 1 unspecified atom stereocenters. The molecule has 4 rings (SSSR count). The molecule has 1 aliphatic heterocycles. The van der Waals surface area contributed by atoms with E-state index in [4.69, 9.17) is 11.5 Å². The second-order valence-electron chi connectivity index (χ2n) is 11.3. The molecule has 4 amide bonds. The molecule has 11 heteroatoms. The minimum absolute atomic E-state index is 0.0668. The number of hydrogen-bond donors (Lipinski definition) is 5. The van der Waals surface area contributed by atoms with Crippen molar-refractivity contribution in [3.63, 3.8) is 0 Å². The van der Waals surface area contributed by atoms with Gasteiger partial charge in [0.25, 0.3) is 11.8 Å². The van der Waals surface area contributed by atoms with Crippen LogP contribution >= 0.6 is 0 Å². The van der Waals surface area contributed by atoms with Crippen LogP contribution in [0.1, 0.15) is 80.0 Å². The number of aryl methyl sites for hydroxylation is 1. The monoisotopic (exact) mass is 573 g/mol. The summed E-state index contributed by atoms with van der Waals surface area (Å²) in [6.45, 7) is 7.88. The minimum atomic E-state index is -1.60. The van der Waals surface area contributed by atoms with Gasteiger partial charge in [0, 0.05) is 0 Å². The summed E-state index contributed by atoms with van der Waals surface area (Å²) in [4.78, 5) is 51.7. The summed E-state index contributed by atoms with van der Waals surface area (Å²) in [6.07, 6.45) is 2.68. The molecule has 1 aliphatic rings. The molecule has 42 heavy (non-hydrogen) atoms. The Balaban J connectivity index is 1.74. The number of hydrogen-bond acceptors (Lipinski definition) is 6. The lowest BCUT2D eigenvalue weighted by Crippen LogP contribution is -2.60. The van der Waals surface area contributed by atoms with Gasteiger partial charge in [-0.25, -0.2) is 4.68 Å². The lowest BCUT2D eigenvalue weighted by atomic mass is 9.84. The van der Waals surface area contributed by atoms with E-state index in [1.807, 2.05) is 49.4 Å². The smallest absolute Gasteiger partial charge is 0.257 e. The number of nitrogens with one attached hydrogen (secondary N) is 3. The third kappa shape index (κ3) is 6.00. The molecule has 0 radical (unpaired) electrons. The highest BCUT2D eigenvalue weighted by molar-refractivity contribution is 6.03. The number of carbonyl (C=O) groups excluding carboxylic acids is 4. The van der Waals surface area contributed by atoms with E-state index in [-0.39, 0.29) is 18.0 Å². The van der Waals surface area contributed by atoms with Crippen molar-refractivity contribution >= 4 is 29.4 Å². The van der Waals surface area contributed by atoms with Crippen molar-refractivity contribution in [2.24, 2.45) is 11.5 Å². The van der Waals surface area contributed by atoms with Crippen molar-refractivity contribution in [3.8, 4) is 0 Å². The zero-order valence-electron chi connectivity index (χ0n) is 24.4. The number of anilines is 1. The molecule has 7 N–H and O–H groups in total. The normalized spacial score (nSPS) is 17.6. The fourth-order valence-corrected chi connectivity index (χ4v) is 5.51. The molecule has 0 bridgehead atoms. The third-order valence-electron chi connectivity index (χ3n) is 7.96. The molecule has 0 spiro atoms. The SMILES string of the molecule is CCc1ccc(C(CC)(NC(=O)c2cnn3c2N[C@@H](c2ccccc2)CC3(C)C)C(=O)N[C@@H](CC(N)=O)C(N)=O)cc1. The first-order valence-electron chi connectivity index (χ1n) is 14.1. The average Bonchev–Trinajstić information content (AvgIpc) is 3.41. The number of nitrogens with two attached hydrogens (primary N) is 2. The van der Waals surface area contributed by atoms with Crippen molar-refractivity contribution in [1.82, 2.24) is 20.4 Å². The summed E-state index contributed by atoms with van der Waals surface area (Å²) in [5.74, 6) is -2.40. The minimum Gasteiger partial charge on any atom is -0.370 e. The van der Waals surface area contributed by atoms with Crippen molar-refractivity contribution in [1.29, 1.82) is 0 Å². The molecular formula is C31H39N7O4. The molecule has 11 nitrogen and oxygen atoms in total. The lowest BCUT2D eigenvalue weighted by molar-refractivity contribution is -0.133. The van der Waals surface area contributed by atoms with Gasteiger partial charge in [-0.15, -0.1) is 0 Å². The van der Waals surface area contributed by atoms with Crippen LogP contribution in [-0.2, 0) is 31.9 Å². The number of primary amides is 2. The van der Waals surface area contributed by atoms with Gasteiger partial charge in [-0.05, 0) is 49.8 Å². The van der Waals surface area contributed by atoms with Crippen LogP contribution in [0.3, 0.4) is 0 Å². The molecule has 3 aromatic rings. The number of nitrogens with zero attached hydrogens (tertiary/aromatic N) is 2. The van der Waals surface area contributed by atoms with Gasteiger partial charge in [0.05, 0.1) is 24.2 Å². The maximum Gasteiger partial charge on any atom is 0.257 e. The number of amides is 4. The van der Waals surface area contributed by atoms with Crippen molar-refractivity contribution in [3.05, 3.63) is 83.0 Å². The molecule has 222 valence electrons. The molecule has 0 saturated heterocycles. The van der Waals surface area contributed by atoms with Gasteiger partial charge >= 0.3 is 0 Å². The van der Waals surface area contributed by atoms with E-state index in [0.717, 1.165) is 24.0 Å². The van der Waals surface area contributed by atoms with Crippen molar-refractivity contribution in [2.75, 3.05) is 5.32 Å². The maximum atomic E-state index is 14.1. The van der Waals surface area contributed by atoms with Crippen LogP contribution < -0.4 is 27.4 Å². The van der Waals surface area contributed by atoms with Crippen LogP contribution in [0.15, 0.2) is 60.8 Å². The molecule has 2 heterocycles. The largest absolute Gasteiger partial charge is 0.370 e. The number of rotatable bonds is 11. The summed E-state index contributed by atoms with van der Waals surface area (Å²) in [5.41, 5.74) is 11.6. The third-order valence-corrected chi connectivity index (χ3v) is 7.96. The second-order valence-corrected chi connectivity index (χ2v) is 11.3. The van der Waals surface area contributed by atoms with Gasteiger partial charge in [-0.1, -0.05) is 68.4 Å². The van der Waals surface area contributed by atoms with E-state index < -0.39 is 47.2 Å². The van der Waals surface area contributed by atoms with E-state index in [2.05, 4.69) is 34.9 Å². The zero-order valence-corrected chi connectivity index (χ0v) is 24.4. The van der Waals surface area contributed by atoms with E-state index in [1.54, 1.807) is 23.7 Å². The number of fused-ring (bicyclic) bond motifs is 1. The average molecular weight is 574 g/mol. The lowest BCUT2D eigenvalue weighted by Gasteiger charge is -2.38. The number of benzene rings is 2. The van der Waals surface area contributed by atoms with Gasteiger partial charge in [0.15, 0.2) is 0 Å². The van der Waals surface area contributed by atoms with Crippen molar-refractivity contribution < 1.29 is 19.2 Å². The molecule has 0 aliphatic carbocycles. The van der Waals surface area contributed by atoms with Gasteiger partial charge < -0.3 is 27.4 Å². The van der Waals surface area contributed by atoms with Crippen LogP contribution in [0, 0.1) is 0 Å². The first kappa shape index (κ1) is 30.3. The van der Waals surface area contributed by atoms with Crippen molar-refractivity contribution in [2.45, 2.75) is 76.5 Å². The Morgan fingerprint density at radius 2 is 1.74 bits per heavy atom. The Kier molecular flexibility index (Phi) is 8.70. The molecular weight excluding hydrogens is 534 g/mol.